The fraction of sp³-hybridized carbons (Fsp3) is 0.143. The Morgan fingerprint density at radius 2 is 1.44 bits per heavy atom. The number of hydrogen-bond acceptors (Lipinski definition) is 3. The Kier molecular flexibility index (Phi) is 5.66. The fourth-order valence-corrected chi connectivity index (χ4v) is 2.66. The first-order valence-corrected chi connectivity index (χ1v) is 8.29. The highest BCUT2D eigenvalue weighted by Gasteiger charge is 2.31. The molecular weight excluding hydrogens is 355 g/mol. The van der Waals surface area contributed by atoms with Gasteiger partial charge in [0.05, 0.1) is 6.04 Å². The van der Waals surface area contributed by atoms with Crippen molar-refractivity contribution in [3.05, 3.63) is 95.6 Å². The summed E-state index contributed by atoms with van der Waals surface area (Å²) in [6.45, 7) is 0.392. The van der Waals surface area contributed by atoms with Crippen LogP contribution in [0.3, 0.4) is 0 Å². The number of hydrogen-bond donors (Lipinski definition) is 1. The molecule has 3 rings (SSSR count). The molecule has 27 heavy (non-hydrogen) atoms. The average Bonchev–Trinajstić information content (AvgIpc) is 2.66. The predicted octanol–water partition coefficient (Wildman–Crippen LogP) is 5.21. The Labute approximate surface area is 155 Å². The third kappa shape index (κ3) is 5.24. The summed E-state index contributed by atoms with van der Waals surface area (Å²) in [6.07, 6.45) is -4.72. The van der Waals surface area contributed by atoms with Crippen LogP contribution in [0.4, 0.5) is 13.2 Å². The van der Waals surface area contributed by atoms with Gasteiger partial charge in [0, 0.05) is 5.56 Å². The molecule has 0 aliphatic heterocycles. The van der Waals surface area contributed by atoms with E-state index in [1.807, 2.05) is 54.6 Å². The topological polar surface area (TPSA) is 44.5 Å². The van der Waals surface area contributed by atoms with Crippen molar-refractivity contribution in [2.45, 2.75) is 19.0 Å². The third-order valence-corrected chi connectivity index (χ3v) is 3.96. The lowest BCUT2D eigenvalue weighted by Crippen LogP contribution is -2.17. The Bertz CT molecular complexity index is 865. The normalized spacial score (nSPS) is 12.4. The maximum atomic E-state index is 12.3. The summed E-state index contributed by atoms with van der Waals surface area (Å²) in [5.41, 5.74) is 8.74. The van der Waals surface area contributed by atoms with Crippen LogP contribution in [-0.2, 0) is 6.61 Å². The van der Waals surface area contributed by atoms with Crippen molar-refractivity contribution in [1.29, 1.82) is 0 Å². The molecule has 2 N–H and O–H groups in total. The summed E-state index contributed by atoms with van der Waals surface area (Å²) in [7, 11) is 0. The quantitative estimate of drug-likeness (QED) is 0.645. The molecule has 0 fully saturated rings. The summed E-state index contributed by atoms with van der Waals surface area (Å²) in [5, 5.41) is 0. The van der Waals surface area contributed by atoms with E-state index in [4.69, 9.17) is 10.5 Å². The molecule has 0 amide bonds. The van der Waals surface area contributed by atoms with Gasteiger partial charge in [-0.2, -0.15) is 0 Å². The molecule has 3 aromatic carbocycles. The SMILES string of the molecule is N[C@H](c1ccc(OC(F)(F)F)cc1)c1ccccc1OCc1ccccc1. The molecule has 0 unspecified atom stereocenters. The van der Waals surface area contributed by atoms with E-state index < -0.39 is 12.4 Å². The van der Waals surface area contributed by atoms with Crippen LogP contribution in [0.2, 0.25) is 0 Å². The van der Waals surface area contributed by atoms with Crippen molar-refractivity contribution in [2.24, 2.45) is 5.73 Å². The zero-order valence-corrected chi connectivity index (χ0v) is 14.3. The molecule has 3 aromatic rings. The summed E-state index contributed by atoms with van der Waals surface area (Å²) in [6, 6.07) is 22.0. The molecule has 140 valence electrons. The van der Waals surface area contributed by atoms with Gasteiger partial charge in [0.1, 0.15) is 18.1 Å². The second-order valence-electron chi connectivity index (χ2n) is 5.91. The lowest BCUT2D eigenvalue weighted by Gasteiger charge is -2.18. The molecule has 0 aromatic heterocycles. The van der Waals surface area contributed by atoms with Crippen LogP contribution >= 0.6 is 0 Å². The van der Waals surface area contributed by atoms with Crippen LogP contribution in [-0.4, -0.2) is 6.36 Å². The molecule has 0 saturated carbocycles. The number of para-hydroxylation sites is 1. The highest BCUT2D eigenvalue weighted by Crippen LogP contribution is 2.30. The molecule has 0 spiro atoms. The smallest absolute Gasteiger partial charge is 0.489 e. The molecule has 1 atom stereocenters. The van der Waals surface area contributed by atoms with Gasteiger partial charge >= 0.3 is 6.36 Å². The first-order valence-electron chi connectivity index (χ1n) is 8.29. The van der Waals surface area contributed by atoms with Crippen LogP contribution in [0.15, 0.2) is 78.9 Å². The van der Waals surface area contributed by atoms with E-state index in [2.05, 4.69) is 4.74 Å². The van der Waals surface area contributed by atoms with Gasteiger partial charge in [-0.1, -0.05) is 60.7 Å². The minimum atomic E-state index is -4.72. The lowest BCUT2D eigenvalue weighted by molar-refractivity contribution is -0.274. The molecule has 0 bridgehead atoms. The van der Waals surface area contributed by atoms with E-state index in [9.17, 15) is 13.2 Å². The molecular formula is C21H18F3NO2. The van der Waals surface area contributed by atoms with E-state index in [0.717, 1.165) is 11.1 Å². The van der Waals surface area contributed by atoms with Gasteiger partial charge < -0.3 is 15.2 Å². The molecule has 0 aliphatic rings. The number of nitrogens with two attached hydrogens (primary N) is 1. The molecule has 6 heteroatoms. The van der Waals surface area contributed by atoms with Crippen molar-refractivity contribution >= 4 is 0 Å². The number of ether oxygens (including phenoxy) is 2. The largest absolute Gasteiger partial charge is 0.573 e. The first-order chi connectivity index (χ1) is 12.9. The van der Waals surface area contributed by atoms with E-state index in [1.165, 1.54) is 24.3 Å². The van der Waals surface area contributed by atoms with Gasteiger partial charge in [-0.25, -0.2) is 0 Å². The van der Waals surface area contributed by atoms with E-state index in [1.54, 1.807) is 0 Å². The van der Waals surface area contributed by atoms with Gasteiger partial charge in [-0.3, -0.25) is 0 Å². The molecule has 0 aliphatic carbocycles. The van der Waals surface area contributed by atoms with Crippen LogP contribution in [0.25, 0.3) is 0 Å². The average molecular weight is 373 g/mol. The summed E-state index contributed by atoms with van der Waals surface area (Å²) < 4.78 is 46.6. The minimum Gasteiger partial charge on any atom is -0.489 e. The minimum absolute atomic E-state index is 0.285. The molecule has 0 radical (unpaired) electrons. The Morgan fingerprint density at radius 1 is 0.815 bits per heavy atom. The van der Waals surface area contributed by atoms with Gasteiger partial charge in [-0.15, -0.1) is 13.2 Å². The second-order valence-corrected chi connectivity index (χ2v) is 5.91. The summed E-state index contributed by atoms with van der Waals surface area (Å²) >= 11 is 0. The Morgan fingerprint density at radius 3 is 2.11 bits per heavy atom. The monoisotopic (exact) mass is 373 g/mol. The van der Waals surface area contributed by atoms with Gasteiger partial charge in [-0.05, 0) is 29.3 Å². The maximum Gasteiger partial charge on any atom is 0.573 e. The highest BCUT2D eigenvalue weighted by molar-refractivity contribution is 5.42. The van der Waals surface area contributed by atoms with Gasteiger partial charge in [0.25, 0.3) is 0 Å². The van der Waals surface area contributed by atoms with E-state index in [-0.39, 0.29) is 5.75 Å². The lowest BCUT2D eigenvalue weighted by atomic mass is 9.98. The van der Waals surface area contributed by atoms with E-state index >= 15 is 0 Å². The first kappa shape index (κ1) is 18.8. The molecule has 0 saturated heterocycles. The number of halogens is 3. The maximum absolute atomic E-state index is 12.3. The van der Waals surface area contributed by atoms with Crippen LogP contribution < -0.4 is 15.2 Å². The summed E-state index contributed by atoms with van der Waals surface area (Å²) in [5.74, 6) is 0.344. The highest BCUT2D eigenvalue weighted by atomic mass is 19.4. The summed E-state index contributed by atoms with van der Waals surface area (Å²) in [4.78, 5) is 0. The zero-order valence-electron chi connectivity index (χ0n) is 14.3. The molecule has 3 nitrogen and oxygen atoms in total. The predicted molar refractivity (Wildman–Crippen MR) is 96.4 cm³/mol. The van der Waals surface area contributed by atoms with Crippen molar-refractivity contribution in [3.63, 3.8) is 0 Å². The van der Waals surface area contributed by atoms with Crippen molar-refractivity contribution < 1.29 is 22.6 Å². The van der Waals surface area contributed by atoms with Crippen molar-refractivity contribution in [3.8, 4) is 11.5 Å². The second kappa shape index (κ2) is 8.14. The van der Waals surface area contributed by atoms with Crippen molar-refractivity contribution in [1.82, 2.24) is 0 Å². The number of benzene rings is 3. The van der Waals surface area contributed by atoms with Gasteiger partial charge in [0.2, 0.25) is 0 Å². The molecule has 0 heterocycles. The number of rotatable bonds is 6. The van der Waals surface area contributed by atoms with E-state index in [0.29, 0.717) is 17.9 Å². The van der Waals surface area contributed by atoms with Crippen LogP contribution in [0.5, 0.6) is 11.5 Å². The van der Waals surface area contributed by atoms with Crippen LogP contribution in [0.1, 0.15) is 22.7 Å². The van der Waals surface area contributed by atoms with Crippen LogP contribution in [0, 0.1) is 0 Å². The number of alkyl halides is 3. The zero-order chi connectivity index (χ0) is 19.3. The third-order valence-electron chi connectivity index (χ3n) is 3.96. The van der Waals surface area contributed by atoms with Crippen molar-refractivity contribution in [2.75, 3.05) is 0 Å². The van der Waals surface area contributed by atoms with Gasteiger partial charge in [0.15, 0.2) is 0 Å². The Balaban J connectivity index is 1.75. The fourth-order valence-electron chi connectivity index (χ4n) is 2.66. The standard InChI is InChI=1S/C21H18F3NO2/c22-21(23,24)27-17-12-10-16(11-13-17)20(25)18-8-4-5-9-19(18)26-14-15-6-2-1-3-7-15/h1-13,20H,14,25H2/t20-/m1/s1. The Hall–Kier alpha value is -2.99.